The molecule has 0 bridgehead atoms. The Morgan fingerprint density at radius 3 is 2.72 bits per heavy atom. The van der Waals surface area contributed by atoms with E-state index in [9.17, 15) is 10.1 Å². The van der Waals surface area contributed by atoms with Gasteiger partial charge in [-0.2, -0.15) is 5.26 Å². The molecule has 0 saturated heterocycles. The molecule has 0 spiro atoms. The zero-order valence-corrected chi connectivity index (χ0v) is 15.4. The molecule has 0 aliphatic rings. The average Bonchev–Trinajstić information content (AvgIpc) is 3.00. The summed E-state index contributed by atoms with van der Waals surface area (Å²) in [4.78, 5) is 18.8. The fourth-order valence-corrected chi connectivity index (χ4v) is 3.99. The highest BCUT2D eigenvalue weighted by atomic mass is 32.2. The molecule has 3 rings (SSSR count). The number of nitrogens with zero attached hydrogens (tertiary/aromatic N) is 4. The number of nitriles is 1. The van der Waals surface area contributed by atoms with E-state index in [2.05, 4.69) is 11.1 Å². The molecular weight excluding hydrogens is 332 g/mol. The summed E-state index contributed by atoms with van der Waals surface area (Å²) in [6.07, 6.45) is 0. The summed E-state index contributed by atoms with van der Waals surface area (Å²) >= 11 is 1.49. The second-order valence-electron chi connectivity index (χ2n) is 5.77. The van der Waals surface area contributed by atoms with Crippen molar-refractivity contribution in [3.05, 3.63) is 41.5 Å². The van der Waals surface area contributed by atoms with E-state index in [0.29, 0.717) is 30.1 Å². The van der Waals surface area contributed by atoms with E-state index in [1.54, 1.807) is 0 Å². The molecule has 0 saturated carbocycles. The number of aromatic nitrogens is 2. The number of imidazole rings is 1. The maximum atomic E-state index is 12.4. The Morgan fingerprint density at radius 2 is 2.04 bits per heavy atom. The van der Waals surface area contributed by atoms with Crippen molar-refractivity contribution in [2.45, 2.75) is 25.8 Å². The summed E-state index contributed by atoms with van der Waals surface area (Å²) in [6.45, 7) is 7.31. The van der Waals surface area contributed by atoms with Crippen LogP contribution in [0.3, 0.4) is 0 Å². The van der Waals surface area contributed by atoms with Gasteiger partial charge in [0, 0.05) is 13.1 Å². The van der Waals surface area contributed by atoms with Crippen molar-refractivity contribution < 1.29 is 4.79 Å². The molecule has 2 aromatic heterocycles. The van der Waals surface area contributed by atoms with Crippen LogP contribution in [0.1, 0.15) is 25.0 Å². The normalized spacial score (nSPS) is 11.0. The molecule has 0 aliphatic carbocycles. The highest BCUT2D eigenvalue weighted by Crippen LogP contribution is 2.29. The van der Waals surface area contributed by atoms with Crippen LogP contribution < -0.4 is 0 Å². The molecule has 3 aromatic rings. The van der Waals surface area contributed by atoms with E-state index in [0.717, 1.165) is 21.6 Å². The molecule has 0 aliphatic heterocycles. The number of aryl methyl sites for hydroxylation is 1. The lowest BCUT2D eigenvalue weighted by Crippen LogP contribution is -2.31. The fourth-order valence-electron chi connectivity index (χ4n) is 2.96. The lowest BCUT2D eigenvalue weighted by molar-refractivity contribution is -0.127. The second-order valence-corrected chi connectivity index (χ2v) is 6.76. The zero-order chi connectivity index (χ0) is 18.0. The third kappa shape index (κ3) is 3.08. The lowest BCUT2D eigenvalue weighted by Gasteiger charge is -2.18. The van der Waals surface area contributed by atoms with Crippen molar-refractivity contribution in [1.29, 1.82) is 5.26 Å². The van der Waals surface area contributed by atoms with E-state index in [4.69, 9.17) is 0 Å². The molecule has 0 unspecified atom stereocenters. The number of hydrogen-bond donors (Lipinski definition) is 0. The van der Waals surface area contributed by atoms with E-state index >= 15 is 0 Å². The zero-order valence-electron chi connectivity index (χ0n) is 14.6. The number of amides is 1. The van der Waals surface area contributed by atoms with Crippen molar-refractivity contribution in [2.75, 3.05) is 18.8 Å². The number of rotatable bonds is 5. The van der Waals surface area contributed by atoms with Gasteiger partial charge in [-0.05, 0) is 44.5 Å². The number of thioether (sulfide) groups is 1. The quantitative estimate of drug-likeness (QED) is 0.658. The predicted octanol–water partition coefficient (Wildman–Crippen LogP) is 3.63. The first-order chi connectivity index (χ1) is 12.1. The molecule has 2 heterocycles. The van der Waals surface area contributed by atoms with Gasteiger partial charge in [0.05, 0.1) is 27.4 Å². The molecule has 25 heavy (non-hydrogen) atoms. The van der Waals surface area contributed by atoms with Gasteiger partial charge in [0.1, 0.15) is 6.07 Å². The minimum atomic E-state index is 0.120. The summed E-state index contributed by atoms with van der Waals surface area (Å²) in [7, 11) is 0. The monoisotopic (exact) mass is 352 g/mol. The predicted molar refractivity (Wildman–Crippen MR) is 101 cm³/mol. The molecule has 1 amide bonds. The van der Waals surface area contributed by atoms with Gasteiger partial charge >= 0.3 is 0 Å². The van der Waals surface area contributed by atoms with Gasteiger partial charge in [-0.25, -0.2) is 4.98 Å². The Labute approximate surface area is 151 Å². The lowest BCUT2D eigenvalue weighted by atomic mass is 10.2. The first-order valence-corrected chi connectivity index (χ1v) is 9.30. The van der Waals surface area contributed by atoms with Gasteiger partial charge < -0.3 is 4.90 Å². The van der Waals surface area contributed by atoms with Crippen LogP contribution in [0.4, 0.5) is 0 Å². The van der Waals surface area contributed by atoms with Crippen LogP contribution in [-0.4, -0.2) is 39.0 Å². The van der Waals surface area contributed by atoms with Gasteiger partial charge in [-0.1, -0.05) is 23.9 Å². The van der Waals surface area contributed by atoms with Gasteiger partial charge in [0.25, 0.3) is 0 Å². The van der Waals surface area contributed by atoms with Crippen LogP contribution in [0.25, 0.3) is 16.7 Å². The van der Waals surface area contributed by atoms with E-state index in [1.807, 2.05) is 60.4 Å². The Morgan fingerprint density at radius 1 is 1.32 bits per heavy atom. The van der Waals surface area contributed by atoms with E-state index in [1.165, 1.54) is 11.8 Å². The number of carbonyl (C=O) groups excluding carboxylic acids is 1. The first-order valence-electron chi connectivity index (χ1n) is 8.32. The van der Waals surface area contributed by atoms with Crippen LogP contribution in [0, 0.1) is 18.3 Å². The molecule has 5 nitrogen and oxygen atoms in total. The maximum absolute atomic E-state index is 12.4. The standard InChI is InChI=1S/C19H20N4OS/c1-4-22(5-2)17(24)12-25-18-10-13(3)14(11-20)19-21-15-8-6-7-9-16(15)23(18)19/h6-10H,4-5,12H2,1-3H3. The number of fused-ring (bicyclic) bond motifs is 3. The van der Waals surface area contributed by atoms with E-state index in [-0.39, 0.29) is 5.91 Å². The number of carbonyl (C=O) groups is 1. The van der Waals surface area contributed by atoms with E-state index < -0.39 is 0 Å². The summed E-state index contributed by atoms with van der Waals surface area (Å²) in [5, 5.41) is 10.4. The Kier molecular flexibility index (Phi) is 4.95. The smallest absolute Gasteiger partial charge is 0.232 e. The Balaban J connectivity index is 2.09. The number of para-hydroxylation sites is 2. The molecule has 1 aromatic carbocycles. The minimum absolute atomic E-state index is 0.120. The molecule has 0 radical (unpaired) electrons. The minimum Gasteiger partial charge on any atom is -0.343 e. The van der Waals surface area contributed by atoms with Crippen LogP contribution >= 0.6 is 11.8 Å². The molecule has 128 valence electrons. The molecule has 0 N–H and O–H groups in total. The summed E-state index contributed by atoms with van der Waals surface area (Å²) < 4.78 is 1.99. The Bertz CT molecular complexity index is 982. The number of benzene rings is 1. The maximum Gasteiger partial charge on any atom is 0.232 e. The van der Waals surface area contributed by atoms with Crippen LogP contribution in [-0.2, 0) is 4.79 Å². The number of hydrogen-bond acceptors (Lipinski definition) is 4. The van der Waals surface area contributed by atoms with Crippen molar-refractivity contribution >= 4 is 34.3 Å². The fraction of sp³-hybridized carbons (Fsp3) is 0.316. The highest BCUT2D eigenvalue weighted by Gasteiger charge is 2.17. The second kappa shape index (κ2) is 7.16. The van der Waals surface area contributed by atoms with Gasteiger partial charge in [0.15, 0.2) is 5.65 Å². The van der Waals surface area contributed by atoms with Crippen LogP contribution in [0.15, 0.2) is 35.4 Å². The summed E-state index contributed by atoms with van der Waals surface area (Å²) in [5.41, 5.74) is 3.91. The van der Waals surface area contributed by atoms with Crippen molar-refractivity contribution in [2.24, 2.45) is 0 Å². The van der Waals surface area contributed by atoms with Crippen molar-refractivity contribution in [3.63, 3.8) is 0 Å². The molecule has 0 atom stereocenters. The van der Waals surface area contributed by atoms with Gasteiger partial charge in [0.2, 0.25) is 5.91 Å². The highest BCUT2D eigenvalue weighted by molar-refractivity contribution is 7.99. The average molecular weight is 352 g/mol. The summed E-state index contributed by atoms with van der Waals surface area (Å²) in [6, 6.07) is 12.1. The third-order valence-corrected chi connectivity index (χ3v) is 5.30. The molecule has 0 fully saturated rings. The van der Waals surface area contributed by atoms with Crippen molar-refractivity contribution in [1.82, 2.24) is 14.3 Å². The Hall–Kier alpha value is -2.52. The van der Waals surface area contributed by atoms with Gasteiger partial charge in [-0.3, -0.25) is 9.20 Å². The largest absolute Gasteiger partial charge is 0.343 e. The van der Waals surface area contributed by atoms with Crippen molar-refractivity contribution in [3.8, 4) is 6.07 Å². The first kappa shape index (κ1) is 17.3. The van der Waals surface area contributed by atoms with Gasteiger partial charge in [-0.15, -0.1) is 0 Å². The SMILES string of the molecule is CCN(CC)C(=O)CSc1cc(C)c(C#N)c2nc3ccccc3n12. The van der Waals surface area contributed by atoms with Crippen LogP contribution in [0.2, 0.25) is 0 Å². The third-order valence-electron chi connectivity index (χ3n) is 4.31. The molecule has 6 heteroatoms. The molecular formula is C19H20N4OS. The van der Waals surface area contributed by atoms with Crippen LogP contribution in [0.5, 0.6) is 0 Å². The topological polar surface area (TPSA) is 61.4 Å². The number of pyridine rings is 1. The summed E-state index contributed by atoms with van der Waals surface area (Å²) in [5.74, 6) is 0.490.